The predicted molar refractivity (Wildman–Crippen MR) is 48.9 cm³/mol. The van der Waals surface area contributed by atoms with E-state index in [-0.39, 0.29) is 5.91 Å². The van der Waals surface area contributed by atoms with Crippen LogP contribution in [0.1, 0.15) is 13.3 Å². The van der Waals surface area contributed by atoms with E-state index < -0.39 is 0 Å². The molecule has 70 valence electrons. The zero-order valence-corrected chi connectivity index (χ0v) is 8.21. The molecule has 1 aliphatic rings. The van der Waals surface area contributed by atoms with Gasteiger partial charge in [-0.05, 0) is 26.4 Å². The van der Waals surface area contributed by atoms with Crippen molar-refractivity contribution in [1.29, 1.82) is 0 Å². The Bertz CT molecular complexity index is 168. The van der Waals surface area contributed by atoms with E-state index in [1.165, 1.54) is 0 Å². The first-order valence-corrected chi connectivity index (χ1v) is 4.50. The second-order valence-corrected chi connectivity index (χ2v) is 3.88. The Balaban J connectivity index is 2.30. The van der Waals surface area contributed by atoms with Gasteiger partial charge in [-0.3, -0.25) is 4.79 Å². The topological polar surface area (TPSA) is 23.6 Å². The van der Waals surface area contributed by atoms with Crippen LogP contribution in [0.4, 0.5) is 0 Å². The molecule has 0 spiro atoms. The fourth-order valence-corrected chi connectivity index (χ4v) is 1.78. The van der Waals surface area contributed by atoms with Crippen LogP contribution in [0.25, 0.3) is 0 Å². The summed E-state index contributed by atoms with van der Waals surface area (Å²) < 4.78 is 0. The maximum absolute atomic E-state index is 11.0. The van der Waals surface area contributed by atoms with Crippen LogP contribution in [0, 0.1) is 5.92 Å². The summed E-state index contributed by atoms with van der Waals surface area (Å²) in [5.74, 6) is 0.903. The van der Waals surface area contributed by atoms with E-state index in [2.05, 4.69) is 19.0 Å². The molecular formula is C9H18N2O. The highest BCUT2D eigenvalue weighted by Crippen LogP contribution is 2.16. The summed E-state index contributed by atoms with van der Waals surface area (Å²) in [6.07, 6.45) is 1.16. The minimum absolute atomic E-state index is 0.219. The zero-order chi connectivity index (χ0) is 9.14. The summed E-state index contributed by atoms with van der Waals surface area (Å²) in [4.78, 5) is 15.1. The van der Waals surface area contributed by atoms with E-state index in [4.69, 9.17) is 0 Å². The van der Waals surface area contributed by atoms with Gasteiger partial charge in [0.05, 0.1) is 0 Å². The van der Waals surface area contributed by atoms with Crippen LogP contribution in [-0.2, 0) is 4.79 Å². The second kappa shape index (κ2) is 3.90. The largest absolute Gasteiger partial charge is 0.343 e. The van der Waals surface area contributed by atoms with Gasteiger partial charge in [0, 0.05) is 26.6 Å². The molecule has 1 atom stereocenters. The van der Waals surface area contributed by atoms with Crippen molar-refractivity contribution >= 4 is 5.91 Å². The molecular weight excluding hydrogens is 152 g/mol. The lowest BCUT2D eigenvalue weighted by Gasteiger charge is -2.16. The van der Waals surface area contributed by atoms with Crippen LogP contribution >= 0.6 is 0 Å². The van der Waals surface area contributed by atoms with Gasteiger partial charge in [-0.25, -0.2) is 0 Å². The highest BCUT2D eigenvalue weighted by molar-refractivity contribution is 5.73. The summed E-state index contributed by atoms with van der Waals surface area (Å²) >= 11 is 0. The number of hydrogen-bond donors (Lipinski definition) is 0. The molecule has 0 unspecified atom stereocenters. The van der Waals surface area contributed by atoms with Crippen molar-refractivity contribution in [3.05, 3.63) is 0 Å². The molecule has 0 aromatic heterocycles. The van der Waals surface area contributed by atoms with E-state index in [0.717, 1.165) is 26.1 Å². The first-order chi connectivity index (χ1) is 5.59. The first-order valence-electron chi connectivity index (χ1n) is 4.50. The SMILES string of the molecule is CC(=O)N1CC[C@H](CN(C)C)C1. The van der Waals surface area contributed by atoms with Gasteiger partial charge in [-0.1, -0.05) is 0 Å². The number of nitrogens with zero attached hydrogens (tertiary/aromatic N) is 2. The molecule has 1 aliphatic heterocycles. The third-order valence-corrected chi connectivity index (χ3v) is 2.35. The maximum atomic E-state index is 11.0. The number of rotatable bonds is 2. The Morgan fingerprint density at radius 2 is 2.25 bits per heavy atom. The van der Waals surface area contributed by atoms with Crippen LogP contribution in [0.2, 0.25) is 0 Å². The lowest BCUT2D eigenvalue weighted by Crippen LogP contribution is -2.28. The Hall–Kier alpha value is -0.570. The van der Waals surface area contributed by atoms with Crippen LogP contribution in [0.15, 0.2) is 0 Å². The molecule has 3 nitrogen and oxygen atoms in total. The summed E-state index contributed by atoms with van der Waals surface area (Å²) in [5, 5.41) is 0. The van der Waals surface area contributed by atoms with Gasteiger partial charge in [0.1, 0.15) is 0 Å². The molecule has 0 aromatic rings. The number of amides is 1. The van der Waals surface area contributed by atoms with E-state index in [1.54, 1.807) is 6.92 Å². The van der Waals surface area contributed by atoms with Gasteiger partial charge in [0.2, 0.25) is 5.91 Å². The van der Waals surface area contributed by atoms with Gasteiger partial charge in [0.15, 0.2) is 0 Å². The molecule has 12 heavy (non-hydrogen) atoms. The number of carbonyl (C=O) groups is 1. The standard InChI is InChI=1S/C9H18N2O/c1-8(12)11-5-4-9(7-11)6-10(2)3/h9H,4-7H2,1-3H3/t9-/m1/s1. The minimum Gasteiger partial charge on any atom is -0.343 e. The quantitative estimate of drug-likeness (QED) is 0.599. The highest BCUT2D eigenvalue weighted by atomic mass is 16.2. The summed E-state index contributed by atoms with van der Waals surface area (Å²) in [6, 6.07) is 0. The molecule has 3 heteroatoms. The molecule has 1 fully saturated rings. The maximum Gasteiger partial charge on any atom is 0.219 e. The minimum atomic E-state index is 0.219. The molecule has 0 N–H and O–H groups in total. The molecule has 0 radical (unpaired) electrons. The average molecular weight is 170 g/mol. The van der Waals surface area contributed by atoms with Crippen LogP contribution in [-0.4, -0.2) is 49.4 Å². The zero-order valence-electron chi connectivity index (χ0n) is 8.21. The molecule has 0 saturated carbocycles. The average Bonchev–Trinajstić information content (AvgIpc) is 2.34. The normalized spacial score (nSPS) is 23.7. The van der Waals surface area contributed by atoms with E-state index in [0.29, 0.717) is 5.92 Å². The summed E-state index contributed by atoms with van der Waals surface area (Å²) in [5.41, 5.74) is 0. The Morgan fingerprint density at radius 3 is 2.67 bits per heavy atom. The molecule has 1 rings (SSSR count). The van der Waals surface area contributed by atoms with Crippen molar-refractivity contribution in [1.82, 2.24) is 9.80 Å². The lowest BCUT2D eigenvalue weighted by atomic mass is 10.1. The van der Waals surface area contributed by atoms with Crippen molar-refractivity contribution in [2.75, 3.05) is 33.7 Å². The van der Waals surface area contributed by atoms with E-state index in [9.17, 15) is 4.79 Å². The fourth-order valence-electron chi connectivity index (χ4n) is 1.78. The van der Waals surface area contributed by atoms with Crippen molar-refractivity contribution in [2.45, 2.75) is 13.3 Å². The second-order valence-electron chi connectivity index (χ2n) is 3.88. The van der Waals surface area contributed by atoms with Gasteiger partial charge < -0.3 is 9.80 Å². The van der Waals surface area contributed by atoms with E-state index >= 15 is 0 Å². The van der Waals surface area contributed by atoms with Crippen molar-refractivity contribution in [2.24, 2.45) is 5.92 Å². The van der Waals surface area contributed by atoms with Crippen molar-refractivity contribution in [3.8, 4) is 0 Å². The number of carbonyl (C=O) groups excluding carboxylic acids is 1. The first kappa shape index (κ1) is 9.52. The third-order valence-electron chi connectivity index (χ3n) is 2.35. The lowest BCUT2D eigenvalue weighted by molar-refractivity contribution is -0.127. The number of hydrogen-bond acceptors (Lipinski definition) is 2. The van der Waals surface area contributed by atoms with Gasteiger partial charge in [0.25, 0.3) is 0 Å². The third kappa shape index (κ3) is 2.48. The monoisotopic (exact) mass is 170 g/mol. The Labute approximate surface area is 74.3 Å². The Kier molecular flexibility index (Phi) is 3.09. The van der Waals surface area contributed by atoms with Gasteiger partial charge >= 0.3 is 0 Å². The Morgan fingerprint density at radius 1 is 1.58 bits per heavy atom. The predicted octanol–water partition coefficient (Wildman–Crippen LogP) is 0.416. The molecule has 0 aromatic carbocycles. The van der Waals surface area contributed by atoms with Crippen LogP contribution in [0.3, 0.4) is 0 Å². The highest BCUT2D eigenvalue weighted by Gasteiger charge is 2.23. The molecule has 0 aliphatic carbocycles. The van der Waals surface area contributed by atoms with E-state index in [1.807, 2.05) is 4.90 Å². The molecule has 0 bridgehead atoms. The van der Waals surface area contributed by atoms with Crippen LogP contribution in [0.5, 0.6) is 0 Å². The van der Waals surface area contributed by atoms with Gasteiger partial charge in [-0.15, -0.1) is 0 Å². The summed E-state index contributed by atoms with van der Waals surface area (Å²) in [6.45, 7) is 4.66. The van der Waals surface area contributed by atoms with Crippen LogP contribution < -0.4 is 0 Å². The molecule has 1 amide bonds. The fraction of sp³-hybridized carbons (Fsp3) is 0.889. The molecule has 1 heterocycles. The smallest absolute Gasteiger partial charge is 0.219 e. The number of likely N-dealkylation sites (tertiary alicyclic amines) is 1. The van der Waals surface area contributed by atoms with Gasteiger partial charge in [-0.2, -0.15) is 0 Å². The summed E-state index contributed by atoms with van der Waals surface area (Å²) in [7, 11) is 4.16. The molecule has 1 saturated heterocycles. The van der Waals surface area contributed by atoms with Crippen molar-refractivity contribution in [3.63, 3.8) is 0 Å². The van der Waals surface area contributed by atoms with Crippen molar-refractivity contribution < 1.29 is 4.79 Å².